The van der Waals surface area contributed by atoms with Gasteiger partial charge >= 0.3 is 0 Å². The van der Waals surface area contributed by atoms with E-state index < -0.39 is 0 Å². The minimum atomic E-state index is 0. The molecule has 0 unspecified atom stereocenters. The molecule has 2 heterocycles. The molecular weight excluding hydrogens is 221 g/mol. The first-order chi connectivity index (χ1) is 5.83. The maximum Gasteiger partial charge on any atom is 0.106 e. The van der Waals surface area contributed by atoms with Crippen molar-refractivity contribution in [1.82, 2.24) is 9.55 Å². The highest BCUT2D eigenvalue weighted by molar-refractivity contribution is 5.85. The van der Waals surface area contributed by atoms with Crippen LogP contribution < -0.4 is 5.73 Å². The Morgan fingerprint density at radius 3 is 2.71 bits per heavy atom. The molecule has 0 aromatic carbocycles. The average molecular weight is 238 g/mol. The zero-order valence-electron chi connectivity index (χ0n) is 8.32. The maximum absolute atomic E-state index is 5.61. The topological polar surface area (TPSA) is 43.8 Å². The van der Waals surface area contributed by atoms with Gasteiger partial charge in [0.15, 0.2) is 0 Å². The Kier molecular flexibility index (Phi) is 5.49. The van der Waals surface area contributed by atoms with Crippen LogP contribution in [-0.2, 0) is 19.5 Å². The Morgan fingerprint density at radius 2 is 2.07 bits per heavy atom. The van der Waals surface area contributed by atoms with Crippen molar-refractivity contribution in [3.8, 4) is 0 Å². The van der Waals surface area contributed by atoms with Crippen molar-refractivity contribution in [1.29, 1.82) is 0 Å². The summed E-state index contributed by atoms with van der Waals surface area (Å²) in [6.45, 7) is 3.78. The molecule has 0 amide bonds. The number of halogens is 2. The monoisotopic (exact) mass is 237 g/mol. The van der Waals surface area contributed by atoms with Gasteiger partial charge in [-0.05, 0) is 26.2 Å². The first-order valence-electron chi connectivity index (χ1n) is 4.58. The van der Waals surface area contributed by atoms with Crippen LogP contribution in [0.2, 0.25) is 0 Å². The van der Waals surface area contributed by atoms with Crippen molar-refractivity contribution in [2.45, 2.75) is 39.3 Å². The molecule has 3 nitrogen and oxygen atoms in total. The van der Waals surface area contributed by atoms with Gasteiger partial charge in [-0.1, -0.05) is 0 Å². The van der Waals surface area contributed by atoms with Crippen LogP contribution in [0.3, 0.4) is 0 Å². The van der Waals surface area contributed by atoms with Gasteiger partial charge in [0.25, 0.3) is 0 Å². The maximum atomic E-state index is 5.61. The first kappa shape index (κ1) is 13.8. The lowest BCUT2D eigenvalue weighted by Gasteiger charge is -2.15. The molecule has 2 rings (SSSR count). The van der Waals surface area contributed by atoms with Gasteiger partial charge in [0.1, 0.15) is 5.82 Å². The van der Waals surface area contributed by atoms with Crippen LogP contribution in [0.15, 0.2) is 0 Å². The number of imidazole rings is 1. The Morgan fingerprint density at radius 1 is 1.36 bits per heavy atom. The SMILES string of the molecule is Cc1nc(CN)c2n1CCCC2.Cl.Cl. The lowest BCUT2D eigenvalue weighted by Crippen LogP contribution is -2.12. The number of aromatic nitrogens is 2. The summed E-state index contributed by atoms with van der Waals surface area (Å²) < 4.78 is 2.31. The van der Waals surface area contributed by atoms with E-state index >= 15 is 0 Å². The number of hydrogen-bond acceptors (Lipinski definition) is 2. The fourth-order valence-electron chi connectivity index (χ4n) is 1.97. The second kappa shape index (κ2) is 5.59. The van der Waals surface area contributed by atoms with E-state index in [1.807, 2.05) is 0 Å². The fraction of sp³-hybridized carbons (Fsp3) is 0.667. The van der Waals surface area contributed by atoms with Crippen molar-refractivity contribution in [3.05, 3.63) is 17.2 Å². The lowest BCUT2D eigenvalue weighted by molar-refractivity contribution is 0.520. The van der Waals surface area contributed by atoms with Gasteiger partial charge in [0.05, 0.1) is 5.69 Å². The number of rotatable bonds is 1. The van der Waals surface area contributed by atoms with Crippen molar-refractivity contribution < 1.29 is 0 Å². The standard InChI is InChI=1S/C9H15N3.2ClH/c1-7-11-8(6-10)9-4-2-3-5-12(7)9;;/h2-6,10H2,1H3;2*1H. The van der Waals surface area contributed by atoms with Crippen LogP contribution >= 0.6 is 24.8 Å². The van der Waals surface area contributed by atoms with Gasteiger partial charge in [-0.25, -0.2) is 4.98 Å². The van der Waals surface area contributed by atoms with E-state index in [1.54, 1.807) is 0 Å². The van der Waals surface area contributed by atoms with E-state index in [1.165, 1.54) is 18.5 Å². The van der Waals surface area contributed by atoms with Gasteiger partial charge in [0, 0.05) is 18.8 Å². The summed E-state index contributed by atoms with van der Waals surface area (Å²) >= 11 is 0. The van der Waals surface area contributed by atoms with Crippen molar-refractivity contribution in [2.24, 2.45) is 5.73 Å². The summed E-state index contributed by atoms with van der Waals surface area (Å²) in [6, 6.07) is 0. The third kappa shape index (κ3) is 2.22. The van der Waals surface area contributed by atoms with E-state index in [0.29, 0.717) is 6.54 Å². The third-order valence-electron chi connectivity index (χ3n) is 2.58. The summed E-state index contributed by atoms with van der Waals surface area (Å²) in [6.07, 6.45) is 3.74. The molecule has 14 heavy (non-hydrogen) atoms. The molecule has 0 aliphatic carbocycles. The van der Waals surface area contributed by atoms with Crippen LogP contribution in [-0.4, -0.2) is 9.55 Å². The van der Waals surface area contributed by atoms with Crippen molar-refractivity contribution in [2.75, 3.05) is 0 Å². The highest BCUT2D eigenvalue weighted by Gasteiger charge is 2.15. The normalized spacial score (nSPS) is 13.9. The summed E-state index contributed by atoms with van der Waals surface area (Å²) in [5.41, 5.74) is 8.09. The Balaban J connectivity index is 0.000000845. The molecule has 1 aromatic heterocycles. The van der Waals surface area contributed by atoms with Crippen LogP contribution in [0.4, 0.5) is 0 Å². The molecule has 2 N–H and O–H groups in total. The number of hydrogen-bond donors (Lipinski definition) is 1. The van der Waals surface area contributed by atoms with Crippen LogP contribution in [0.25, 0.3) is 0 Å². The summed E-state index contributed by atoms with van der Waals surface area (Å²) in [7, 11) is 0. The highest BCUT2D eigenvalue weighted by atomic mass is 35.5. The van der Waals surface area contributed by atoms with Gasteiger partial charge in [0.2, 0.25) is 0 Å². The van der Waals surface area contributed by atoms with Gasteiger partial charge in [-0.15, -0.1) is 24.8 Å². The fourth-order valence-corrected chi connectivity index (χ4v) is 1.97. The van der Waals surface area contributed by atoms with E-state index in [0.717, 1.165) is 24.5 Å². The Hall–Kier alpha value is -0.250. The third-order valence-corrected chi connectivity index (χ3v) is 2.58. The first-order valence-corrected chi connectivity index (χ1v) is 4.58. The zero-order chi connectivity index (χ0) is 8.55. The van der Waals surface area contributed by atoms with E-state index in [4.69, 9.17) is 5.73 Å². The van der Waals surface area contributed by atoms with E-state index in [9.17, 15) is 0 Å². The summed E-state index contributed by atoms with van der Waals surface area (Å²) in [5, 5.41) is 0. The quantitative estimate of drug-likeness (QED) is 0.811. The van der Waals surface area contributed by atoms with Crippen LogP contribution in [0.1, 0.15) is 30.1 Å². The van der Waals surface area contributed by atoms with E-state index in [2.05, 4.69) is 16.5 Å². The predicted molar refractivity (Wildman–Crippen MR) is 62.3 cm³/mol. The summed E-state index contributed by atoms with van der Waals surface area (Å²) in [5.74, 6) is 1.13. The lowest BCUT2D eigenvalue weighted by atomic mass is 10.1. The molecule has 0 spiro atoms. The minimum absolute atomic E-state index is 0. The molecule has 1 aromatic rings. The van der Waals surface area contributed by atoms with Crippen LogP contribution in [0.5, 0.6) is 0 Å². The largest absolute Gasteiger partial charge is 0.332 e. The molecule has 1 aliphatic heterocycles. The smallest absolute Gasteiger partial charge is 0.106 e. The van der Waals surface area contributed by atoms with Gasteiger partial charge in [-0.3, -0.25) is 0 Å². The molecule has 0 saturated heterocycles. The highest BCUT2D eigenvalue weighted by Crippen LogP contribution is 2.19. The molecule has 0 atom stereocenters. The van der Waals surface area contributed by atoms with E-state index in [-0.39, 0.29) is 24.8 Å². The number of nitrogens with two attached hydrogens (primary N) is 1. The molecular formula is C9H17Cl2N3. The van der Waals surface area contributed by atoms with Gasteiger partial charge in [-0.2, -0.15) is 0 Å². The second-order valence-electron chi connectivity index (χ2n) is 3.37. The molecule has 1 aliphatic rings. The molecule has 82 valence electrons. The van der Waals surface area contributed by atoms with Gasteiger partial charge < -0.3 is 10.3 Å². The number of fused-ring (bicyclic) bond motifs is 1. The van der Waals surface area contributed by atoms with Crippen molar-refractivity contribution >= 4 is 24.8 Å². The molecule has 0 saturated carbocycles. The molecule has 5 heteroatoms. The molecule has 0 radical (unpaired) electrons. The minimum Gasteiger partial charge on any atom is -0.332 e. The van der Waals surface area contributed by atoms with Crippen molar-refractivity contribution in [3.63, 3.8) is 0 Å². The summed E-state index contributed by atoms with van der Waals surface area (Å²) in [4.78, 5) is 4.45. The predicted octanol–water partition coefficient (Wildman–Crippen LogP) is 1.83. The number of aryl methyl sites for hydroxylation is 1. The molecule has 0 bridgehead atoms. The molecule has 0 fully saturated rings. The zero-order valence-corrected chi connectivity index (χ0v) is 9.96. The number of nitrogens with zero attached hydrogens (tertiary/aromatic N) is 2. The second-order valence-corrected chi connectivity index (χ2v) is 3.37. The Labute approximate surface area is 96.9 Å². The van der Waals surface area contributed by atoms with Crippen LogP contribution in [0, 0.1) is 6.92 Å². The Bertz CT molecular complexity index is 296. The average Bonchev–Trinajstić information content (AvgIpc) is 2.44.